The van der Waals surface area contributed by atoms with Crippen molar-refractivity contribution in [2.24, 2.45) is 0 Å². The topological polar surface area (TPSA) is 75.7 Å². The van der Waals surface area contributed by atoms with Gasteiger partial charge >= 0.3 is 5.97 Å². The molecule has 0 radical (unpaired) electrons. The Morgan fingerprint density at radius 2 is 1.84 bits per heavy atom. The van der Waals surface area contributed by atoms with E-state index in [1.165, 1.54) is 16.7 Å². The lowest BCUT2D eigenvalue weighted by Crippen LogP contribution is -2.29. The number of furan rings is 1. The summed E-state index contributed by atoms with van der Waals surface area (Å²) in [6, 6.07) is 15.7. The van der Waals surface area contributed by atoms with Crippen molar-refractivity contribution in [2.45, 2.75) is 19.3 Å². The van der Waals surface area contributed by atoms with E-state index in [2.05, 4.69) is 0 Å². The summed E-state index contributed by atoms with van der Waals surface area (Å²) in [5, 5.41) is 8.73. The number of hydrogen-bond acceptors (Lipinski definition) is 5. The predicted octanol–water partition coefficient (Wildman–Crippen LogP) is 5.19. The van der Waals surface area contributed by atoms with Crippen molar-refractivity contribution in [1.82, 2.24) is 9.47 Å². The summed E-state index contributed by atoms with van der Waals surface area (Å²) in [6.45, 7) is 0.423. The molecule has 1 aliphatic rings. The number of thiocarbonyl (C=S) groups is 1. The summed E-state index contributed by atoms with van der Waals surface area (Å²) in [6.07, 6.45) is 6.87. The number of carbonyl (C=O) groups excluding carboxylic acids is 1. The Morgan fingerprint density at radius 1 is 1.10 bits per heavy atom. The maximum atomic E-state index is 12.7. The molecule has 1 saturated heterocycles. The van der Waals surface area contributed by atoms with Gasteiger partial charge in [0.05, 0.1) is 4.91 Å². The lowest BCUT2D eigenvalue weighted by molar-refractivity contribution is -0.137. The molecule has 1 amide bonds. The van der Waals surface area contributed by atoms with Crippen LogP contribution in [0.1, 0.15) is 25.0 Å². The number of amides is 1. The molecule has 3 heterocycles. The third kappa shape index (κ3) is 4.98. The van der Waals surface area contributed by atoms with Gasteiger partial charge in [-0.05, 0) is 61.4 Å². The van der Waals surface area contributed by atoms with Crippen molar-refractivity contribution in [3.05, 3.63) is 71.6 Å². The van der Waals surface area contributed by atoms with Crippen molar-refractivity contribution in [2.75, 3.05) is 6.54 Å². The van der Waals surface area contributed by atoms with E-state index in [1.54, 1.807) is 6.08 Å². The van der Waals surface area contributed by atoms with Crippen LogP contribution in [0.15, 0.2) is 70.2 Å². The predicted molar refractivity (Wildman–Crippen MR) is 125 cm³/mol. The quantitative estimate of drug-likeness (QED) is 0.288. The van der Waals surface area contributed by atoms with E-state index >= 15 is 0 Å². The van der Waals surface area contributed by atoms with E-state index in [0.717, 1.165) is 17.0 Å². The molecule has 6 nitrogen and oxygen atoms in total. The largest absolute Gasteiger partial charge is 0.481 e. The Bertz CT molecular complexity index is 1130. The molecule has 1 aliphatic heterocycles. The first kappa shape index (κ1) is 21.1. The Hall–Kier alpha value is -3.10. The normalized spacial score (nSPS) is 15.2. The van der Waals surface area contributed by atoms with E-state index in [1.807, 2.05) is 65.5 Å². The first-order chi connectivity index (χ1) is 15.0. The molecule has 158 valence electrons. The third-order valence-corrected chi connectivity index (χ3v) is 6.23. The number of hydrogen-bond donors (Lipinski definition) is 1. The van der Waals surface area contributed by atoms with Crippen LogP contribution in [0.25, 0.3) is 23.1 Å². The zero-order valence-corrected chi connectivity index (χ0v) is 18.2. The number of carbonyl (C=O) groups is 2. The second-order valence-electron chi connectivity index (χ2n) is 7.02. The molecule has 0 aliphatic carbocycles. The van der Waals surface area contributed by atoms with E-state index < -0.39 is 5.97 Å². The van der Waals surface area contributed by atoms with E-state index in [-0.39, 0.29) is 12.3 Å². The number of benzene rings is 1. The lowest BCUT2D eigenvalue weighted by Gasteiger charge is -2.13. The molecule has 2 aromatic heterocycles. The van der Waals surface area contributed by atoms with Crippen molar-refractivity contribution in [3.8, 4) is 17.0 Å². The molecule has 0 spiro atoms. The molecule has 1 N–H and O–H groups in total. The fourth-order valence-corrected chi connectivity index (χ4v) is 4.55. The highest BCUT2D eigenvalue weighted by Gasteiger charge is 2.31. The summed E-state index contributed by atoms with van der Waals surface area (Å²) < 4.78 is 8.44. The standard InChI is InChI=1S/C23H20N2O4S2/c26-21(27)5-1-2-14-25-22(28)20(31-23(25)30)15-18-10-11-19(29-18)16-6-8-17(9-7-16)24-12-3-4-13-24/h3-4,6-13,15H,1-2,5,14H2,(H,26,27)/b20-15-. The van der Waals surface area contributed by atoms with Crippen molar-refractivity contribution in [1.29, 1.82) is 0 Å². The third-order valence-electron chi connectivity index (χ3n) is 4.85. The number of carboxylic acids is 1. The fourth-order valence-electron chi connectivity index (χ4n) is 3.26. The van der Waals surface area contributed by atoms with E-state index in [9.17, 15) is 9.59 Å². The van der Waals surface area contributed by atoms with Gasteiger partial charge < -0.3 is 14.1 Å². The molecule has 31 heavy (non-hydrogen) atoms. The molecule has 1 aromatic carbocycles. The number of aliphatic carboxylic acids is 1. The second kappa shape index (κ2) is 9.36. The first-order valence-corrected chi connectivity index (χ1v) is 11.0. The molecule has 0 saturated carbocycles. The molecule has 4 rings (SSSR count). The maximum Gasteiger partial charge on any atom is 0.303 e. The molecule has 0 atom stereocenters. The van der Waals surface area contributed by atoms with Crippen LogP contribution in [0.5, 0.6) is 0 Å². The molecule has 0 bridgehead atoms. The Kier molecular flexibility index (Phi) is 6.39. The van der Waals surface area contributed by atoms with Gasteiger partial charge in [-0.2, -0.15) is 0 Å². The second-order valence-corrected chi connectivity index (χ2v) is 8.70. The number of thioether (sulfide) groups is 1. The lowest BCUT2D eigenvalue weighted by atomic mass is 10.1. The van der Waals surface area contributed by atoms with Gasteiger partial charge in [0.2, 0.25) is 0 Å². The maximum absolute atomic E-state index is 12.7. The highest BCUT2D eigenvalue weighted by Crippen LogP contribution is 2.34. The van der Waals surface area contributed by atoms with Crippen LogP contribution in [-0.2, 0) is 9.59 Å². The van der Waals surface area contributed by atoms with Gasteiger partial charge in [0, 0.05) is 42.7 Å². The minimum Gasteiger partial charge on any atom is -0.481 e. The van der Waals surface area contributed by atoms with Gasteiger partial charge in [0.1, 0.15) is 15.8 Å². The van der Waals surface area contributed by atoms with Crippen LogP contribution in [0.4, 0.5) is 0 Å². The number of nitrogens with zero attached hydrogens (tertiary/aromatic N) is 2. The Morgan fingerprint density at radius 3 is 2.55 bits per heavy atom. The molecule has 0 unspecified atom stereocenters. The molecule has 3 aromatic rings. The SMILES string of the molecule is O=C(O)CCCCN1C(=O)/C(=C/c2ccc(-c3ccc(-n4cccc4)cc3)o2)SC1=S. The van der Waals surface area contributed by atoms with Crippen molar-refractivity contribution in [3.63, 3.8) is 0 Å². The highest BCUT2D eigenvalue weighted by molar-refractivity contribution is 8.26. The molecule has 8 heteroatoms. The van der Waals surface area contributed by atoms with E-state index in [4.69, 9.17) is 21.7 Å². The number of unbranched alkanes of at least 4 members (excludes halogenated alkanes) is 1. The van der Waals surface area contributed by atoms with Gasteiger partial charge in [0.15, 0.2) is 0 Å². The van der Waals surface area contributed by atoms with Crippen LogP contribution in [0, 0.1) is 0 Å². The van der Waals surface area contributed by atoms with Crippen LogP contribution < -0.4 is 0 Å². The Balaban J connectivity index is 1.42. The van der Waals surface area contributed by atoms with E-state index in [0.29, 0.717) is 34.4 Å². The van der Waals surface area contributed by atoms with Crippen molar-refractivity contribution >= 4 is 46.3 Å². The van der Waals surface area contributed by atoms with Crippen LogP contribution in [0.3, 0.4) is 0 Å². The average Bonchev–Trinajstić information content (AvgIpc) is 3.49. The van der Waals surface area contributed by atoms with Crippen molar-refractivity contribution < 1.29 is 19.1 Å². The summed E-state index contributed by atoms with van der Waals surface area (Å²) in [5.41, 5.74) is 2.01. The van der Waals surface area contributed by atoms with Gasteiger partial charge in [-0.1, -0.05) is 24.0 Å². The zero-order chi connectivity index (χ0) is 21.8. The van der Waals surface area contributed by atoms with Crippen LogP contribution in [0.2, 0.25) is 0 Å². The molecule has 1 fully saturated rings. The smallest absolute Gasteiger partial charge is 0.303 e. The minimum absolute atomic E-state index is 0.0895. The molecular formula is C23H20N2O4S2. The Labute approximate surface area is 189 Å². The highest BCUT2D eigenvalue weighted by atomic mass is 32.2. The van der Waals surface area contributed by atoms with Gasteiger partial charge in [-0.25, -0.2) is 0 Å². The fraction of sp³-hybridized carbons (Fsp3) is 0.174. The van der Waals surface area contributed by atoms with Gasteiger partial charge in [-0.15, -0.1) is 0 Å². The summed E-state index contributed by atoms with van der Waals surface area (Å²) in [7, 11) is 0. The van der Waals surface area contributed by atoms with Crippen LogP contribution >= 0.6 is 24.0 Å². The summed E-state index contributed by atoms with van der Waals surface area (Å²) in [5.74, 6) is 0.294. The minimum atomic E-state index is -0.835. The molecular weight excluding hydrogens is 432 g/mol. The monoisotopic (exact) mass is 452 g/mol. The van der Waals surface area contributed by atoms with Crippen LogP contribution in [-0.4, -0.2) is 37.3 Å². The number of aromatic nitrogens is 1. The van der Waals surface area contributed by atoms with Gasteiger partial charge in [-0.3, -0.25) is 14.5 Å². The first-order valence-electron chi connectivity index (χ1n) is 9.82. The summed E-state index contributed by atoms with van der Waals surface area (Å²) >= 11 is 6.55. The average molecular weight is 453 g/mol. The zero-order valence-electron chi connectivity index (χ0n) is 16.6. The number of carboxylic acid groups (broad SMARTS) is 1. The van der Waals surface area contributed by atoms with Gasteiger partial charge in [0.25, 0.3) is 5.91 Å². The summed E-state index contributed by atoms with van der Waals surface area (Å²) in [4.78, 5) is 25.3. The number of rotatable bonds is 8.